The summed E-state index contributed by atoms with van der Waals surface area (Å²) in [6.45, 7) is 10.4. The van der Waals surface area contributed by atoms with E-state index in [1.807, 2.05) is 13.8 Å². The monoisotopic (exact) mass is 310 g/mol. The molecule has 4 nitrogen and oxygen atoms in total. The number of pyridine rings is 1. The lowest BCUT2D eigenvalue weighted by atomic mass is 10.1. The summed E-state index contributed by atoms with van der Waals surface area (Å²) in [5.74, 6) is 0.234. The molecule has 1 N–H and O–H groups in total. The van der Waals surface area contributed by atoms with Gasteiger partial charge in [-0.1, -0.05) is 11.6 Å². The van der Waals surface area contributed by atoms with Crippen LogP contribution in [-0.4, -0.2) is 20.3 Å². The number of halogens is 2. The van der Waals surface area contributed by atoms with E-state index in [-0.39, 0.29) is 11.4 Å². The smallest absolute Gasteiger partial charge is 0.158 e. The van der Waals surface area contributed by atoms with Gasteiger partial charge in [0.15, 0.2) is 5.82 Å². The third-order valence-electron chi connectivity index (χ3n) is 3.12. The molecular weight excluding hydrogens is 291 g/mol. The molecule has 0 aliphatic rings. The first kappa shape index (κ1) is 15.9. The predicted octanol–water partition coefficient (Wildman–Crippen LogP) is 3.56. The second-order valence-corrected chi connectivity index (χ2v) is 6.51. The number of rotatable bonds is 3. The lowest BCUT2D eigenvalue weighted by Crippen LogP contribution is -2.35. The molecule has 0 aliphatic carbocycles. The maximum Gasteiger partial charge on any atom is 0.158 e. The first-order valence-corrected chi connectivity index (χ1v) is 7.18. The van der Waals surface area contributed by atoms with Gasteiger partial charge in [-0.2, -0.15) is 5.10 Å². The van der Waals surface area contributed by atoms with E-state index in [0.717, 1.165) is 17.0 Å². The van der Waals surface area contributed by atoms with Gasteiger partial charge < -0.3 is 5.32 Å². The number of hydrogen-bond donors (Lipinski definition) is 1. The van der Waals surface area contributed by atoms with Crippen molar-refractivity contribution >= 4 is 11.6 Å². The van der Waals surface area contributed by atoms with Crippen LogP contribution >= 0.6 is 11.6 Å². The van der Waals surface area contributed by atoms with Gasteiger partial charge in [-0.05, 0) is 40.7 Å². The summed E-state index contributed by atoms with van der Waals surface area (Å²) in [4.78, 5) is 4.19. The van der Waals surface area contributed by atoms with E-state index < -0.39 is 0 Å². The summed E-state index contributed by atoms with van der Waals surface area (Å²) in [5.41, 5.74) is 2.20. The Morgan fingerprint density at radius 1 is 1.33 bits per heavy atom. The van der Waals surface area contributed by atoms with Gasteiger partial charge in [0, 0.05) is 17.6 Å². The molecule has 21 heavy (non-hydrogen) atoms. The molecule has 0 spiro atoms. The Kier molecular flexibility index (Phi) is 4.35. The molecule has 0 unspecified atom stereocenters. The van der Waals surface area contributed by atoms with Crippen LogP contribution in [0.25, 0.3) is 5.82 Å². The van der Waals surface area contributed by atoms with Gasteiger partial charge in [-0.15, -0.1) is 0 Å². The number of aromatic nitrogens is 3. The molecule has 0 aliphatic heterocycles. The zero-order valence-electron chi connectivity index (χ0n) is 13.0. The molecule has 0 bridgehead atoms. The van der Waals surface area contributed by atoms with E-state index in [9.17, 15) is 4.39 Å². The molecule has 2 heterocycles. The van der Waals surface area contributed by atoms with Crippen molar-refractivity contribution in [3.05, 3.63) is 40.1 Å². The molecule has 0 aromatic carbocycles. The van der Waals surface area contributed by atoms with E-state index in [0.29, 0.717) is 17.4 Å². The average molecular weight is 311 g/mol. The predicted molar refractivity (Wildman–Crippen MR) is 82.4 cm³/mol. The van der Waals surface area contributed by atoms with Crippen LogP contribution in [0.4, 0.5) is 4.39 Å². The van der Waals surface area contributed by atoms with Crippen molar-refractivity contribution in [2.75, 3.05) is 0 Å². The number of nitrogens with zero attached hydrogens (tertiary/aromatic N) is 3. The van der Waals surface area contributed by atoms with Gasteiger partial charge in [-0.25, -0.2) is 14.1 Å². The third kappa shape index (κ3) is 3.60. The van der Waals surface area contributed by atoms with Crippen molar-refractivity contribution < 1.29 is 4.39 Å². The van der Waals surface area contributed by atoms with Crippen LogP contribution in [-0.2, 0) is 6.54 Å². The molecular formula is C15H20ClFN4. The largest absolute Gasteiger partial charge is 0.308 e. The van der Waals surface area contributed by atoms with Crippen LogP contribution < -0.4 is 5.32 Å². The van der Waals surface area contributed by atoms with E-state index >= 15 is 0 Å². The van der Waals surface area contributed by atoms with Crippen LogP contribution in [0.3, 0.4) is 0 Å². The molecule has 6 heteroatoms. The van der Waals surface area contributed by atoms with Crippen molar-refractivity contribution in [3.8, 4) is 5.82 Å². The first-order valence-electron chi connectivity index (χ1n) is 6.80. The van der Waals surface area contributed by atoms with Crippen LogP contribution in [0.5, 0.6) is 0 Å². The Balaban J connectivity index is 2.46. The quantitative estimate of drug-likeness (QED) is 0.942. The highest BCUT2D eigenvalue weighted by Gasteiger charge is 2.17. The molecule has 0 saturated carbocycles. The summed E-state index contributed by atoms with van der Waals surface area (Å²) in [6, 6.07) is 1.48. The second-order valence-electron chi connectivity index (χ2n) is 6.14. The highest BCUT2D eigenvalue weighted by molar-refractivity contribution is 6.31. The summed E-state index contributed by atoms with van der Waals surface area (Å²) in [5, 5.41) is 8.33. The van der Waals surface area contributed by atoms with Gasteiger partial charge in [0.1, 0.15) is 5.82 Å². The summed E-state index contributed by atoms with van der Waals surface area (Å²) in [7, 11) is 0. The standard InChI is InChI=1S/C15H20ClFN4/c1-9-13(16)10(2)21(20-9)14-11(6-12(17)8-18-14)7-19-15(3,4)5/h6,8,19H,7H2,1-5H3. The maximum absolute atomic E-state index is 13.5. The van der Waals surface area contributed by atoms with Crippen LogP contribution in [0.1, 0.15) is 37.7 Å². The summed E-state index contributed by atoms with van der Waals surface area (Å²) >= 11 is 6.18. The third-order valence-corrected chi connectivity index (χ3v) is 3.67. The SMILES string of the molecule is Cc1nn(-c2ncc(F)cc2CNC(C)(C)C)c(C)c1Cl. The highest BCUT2D eigenvalue weighted by atomic mass is 35.5. The fourth-order valence-electron chi connectivity index (χ4n) is 1.99. The van der Waals surface area contributed by atoms with E-state index in [2.05, 4.69) is 36.2 Å². The lowest BCUT2D eigenvalue weighted by molar-refractivity contribution is 0.422. The minimum atomic E-state index is -0.364. The topological polar surface area (TPSA) is 42.7 Å². The zero-order valence-corrected chi connectivity index (χ0v) is 13.7. The minimum Gasteiger partial charge on any atom is -0.308 e. The van der Waals surface area contributed by atoms with Crippen molar-refractivity contribution in [1.82, 2.24) is 20.1 Å². The molecule has 2 rings (SSSR count). The van der Waals surface area contributed by atoms with E-state index in [4.69, 9.17) is 11.6 Å². The number of aryl methyl sites for hydroxylation is 1. The van der Waals surface area contributed by atoms with E-state index in [1.54, 1.807) is 4.68 Å². The van der Waals surface area contributed by atoms with Crippen LogP contribution in [0.2, 0.25) is 5.02 Å². The van der Waals surface area contributed by atoms with Crippen LogP contribution in [0.15, 0.2) is 12.3 Å². The normalized spacial score (nSPS) is 12.0. The Morgan fingerprint density at radius 2 is 2.00 bits per heavy atom. The molecule has 0 saturated heterocycles. The second kappa shape index (κ2) is 5.73. The van der Waals surface area contributed by atoms with E-state index in [1.165, 1.54) is 12.3 Å². The fraction of sp³-hybridized carbons (Fsp3) is 0.467. The molecule has 114 valence electrons. The first-order chi connectivity index (χ1) is 9.69. The Bertz CT molecular complexity index is 658. The van der Waals surface area contributed by atoms with Crippen molar-refractivity contribution in [3.63, 3.8) is 0 Å². The summed E-state index contributed by atoms with van der Waals surface area (Å²) in [6.07, 6.45) is 1.19. The molecule has 0 amide bonds. The average Bonchev–Trinajstić information content (AvgIpc) is 2.63. The Labute approximate surface area is 129 Å². The fourth-order valence-corrected chi connectivity index (χ4v) is 2.10. The lowest BCUT2D eigenvalue weighted by Gasteiger charge is -2.21. The van der Waals surface area contributed by atoms with Gasteiger partial charge in [0.25, 0.3) is 0 Å². The van der Waals surface area contributed by atoms with Gasteiger partial charge >= 0.3 is 0 Å². The zero-order chi connectivity index (χ0) is 15.8. The van der Waals surface area contributed by atoms with Crippen LogP contribution in [0, 0.1) is 19.7 Å². The minimum absolute atomic E-state index is 0.0731. The Morgan fingerprint density at radius 3 is 2.52 bits per heavy atom. The molecule has 0 atom stereocenters. The van der Waals surface area contributed by atoms with Crippen molar-refractivity contribution in [2.24, 2.45) is 0 Å². The van der Waals surface area contributed by atoms with Gasteiger partial charge in [-0.3, -0.25) is 0 Å². The molecule has 0 radical (unpaired) electrons. The highest BCUT2D eigenvalue weighted by Crippen LogP contribution is 2.23. The summed E-state index contributed by atoms with van der Waals surface area (Å²) < 4.78 is 15.2. The van der Waals surface area contributed by atoms with Crippen molar-refractivity contribution in [1.29, 1.82) is 0 Å². The number of hydrogen-bond acceptors (Lipinski definition) is 3. The Hall–Kier alpha value is -1.46. The molecule has 2 aromatic rings. The van der Waals surface area contributed by atoms with Gasteiger partial charge in [0.2, 0.25) is 0 Å². The maximum atomic E-state index is 13.5. The molecule has 0 fully saturated rings. The number of nitrogens with one attached hydrogen (secondary N) is 1. The van der Waals surface area contributed by atoms with Gasteiger partial charge in [0.05, 0.1) is 22.6 Å². The van der Waals surface area contributed by atoms with Crippen molar-refractivity contribution in [2.45, 2.75) is 46.7 Å². The molecule has 2 aromatic heterocycles.